The quantitative estimate of drug-likeness (QED) is 0.495. The van der Waals surface area contributed by atoms with Crippen LogP contribution in [0.4, 0.5) is 0 Å². The lowest BCUT2D eigenvalue weighted by Gasteiger charge is -2.23. The Morgan fingerprint density at radius 3 is 2.41 bits per heavy atom. The van der Waals surface area contributed by atoms with Gasteiger partial charge in [-0.15, -0.1) is 0 Å². The van der Waals surface area contributed by atoms with Crippen LogP contribution in [0.1, 0.15) is 23.6 Å². The largest absolute Gasteiger partial charge is 0.508 e. The van der Waals surface area contributed by atoms with Crippen molar-refractivity contribution < 1.29 is 24.1 Å². The van der Waals surface area contributed by atoms with E-state index in [0.717, 1.165) is 48.1 Å². The van der Waals surface area contributed by atoms with E-state index >= 15 is 0 Å². The van der Waals surface area contributed by atoms with Crippen LogP contribution in [0.3, 0.4) is 0 Å². The molecular weight excluding hydrogens is 406 g/mol. The van der Waals surface area contributed by atoms with Gasteiger partial charge in [0.2, 0.25) is 6.79 Å². The maximum Gasteiger partial charge on any atom is 0.231 e. The van der Waals surface area contributed by atoms with Crippen molar-refractivity contribution in [3.05, 3.63) is 77.4 Å². The second-order valence-corrected chi connectivity index (χ2v) is 7.72. The van der Waals surface area contributed by atoms with Crippen LogP contribution in [0.2, 0.25) is 0 Å². The zero-order valence-corrected chi connectivity index (χ0v) is 18.5. The summed E-state index contributed by atoms with van der Waals surface area (Å²) in [5.74, 6) is 3.46. The summed E-state index contributed by atoms with van der Waals surface area (Å²) in [6, 6.07) is 19.6. The van der Waals surface area contributed by atoms with Gasteiger partial charge >= 0.3 is 0 Å². The van der Waals surface area contributed by atoms with Crippen molar-refractivity contribution >= 4 is 0 Å². The first kappa shape index (κ1) is 21.8. The normalized spacial score (nSPS) is 12.2. The van der Waals surface area contributed by atoms with E-state index in [2.05, 4.69) is 23.1 Å². The first-order chi connectivity index (χ1) is 15.6. The summed E-state index contributed by atoms with van der Waals surface area (Å²) in [5.41, 5.74) is 3.20. The second kappa shape index (κ2) is 10.3. The van der Waals surface area contributed by atoms with Crippen LogP contribution in [-0.2, 0) is 19.5 Å². The molecule has 0 fully saturated rings. The van der Waals surface area contributed by atoms with Gasteiger partial charge in [-0.3, -0.25) is 4.90 Å². The third kappa shape index (κ3) is 5.45. The molecule has 168 valence electrons. The van der Waals surface area contributed by atoms with Gasteiger partial charge in [0.15, 0.2) is 11.5 Å². The Morgan fingerprint density at radius 1 is 0.875 bits per heavy atom. The predicted octanol–water partition coefficient (Wildman–Crippen LogP) is 4.77. The molecule has 1 N–H and O–H groups in total. The molecule has 0 spiro atoms. The zero-order valence-electron chi connectivity index (χ0n) is 18.5. The summed E-state index contributed by atoms with van der Waals surface area (Å²) in [4.78, 5) is 2.31. The summed E-state index contributed by atoms with van der Waals surface area (Å²) in [5, 5.41) is 10.4. The summed E-state index contributed by atoms with van der Waals surface area (Å²) >= 11 is 0. The molecule has 0 unspecified atom stereocenters. The van der Waals surface area contributed by atoms with Gasteiger partial charge in [-0.05, 0) is 66.9 Å². The Balaban J connectivity index is 1.50. The van der Waals surface area contributed by atoms with Crippen LogP contribution < -0.4 is 18.9 Å². The molecule has 6 nitrogen and oxygen atoms in total. The Labute approximate surface area is 188 Å². The van der Waals surface area contributed by atoms with Crippen LogP contribution in [0.5, 0.6) is 28.7 Å². The number of nitrogens with zero attached hydrogens (tertiary/aromatic N) is 1. The van der Waals surface area contributed by atoms with Crippen molar-refractivity contribution in [2.24, 2.45) is 0 Å². The number of aromatic hydroxyl groups is 1. The maximum atomic E-state index is 10.4. The summed E-state index contributed by atoms with van der Waals surface area (Å²) < 4.78 is 21.8. The van der Waals surface area contributed by atoms with Gasteiger partial charge in [0, 0.05) is 25.2 Å². The Morgan fingerprint density at radius 2 is 1.62 bits per heavy atom. The van der Waals surface area contributed by atoms with Crippen molar-refractivity contribution in [1.29, 1.82) is 0 Å². The van der Waals surface area contributed by atoms with Crippen LogP contribution in [-0.4, -0.2) is 37.1 Å². The van der Waals surface area contributed by atoms with Crippen molar-refractivity contribution in [3.63, 3.8) is 0 Å². The monoisotopic (exact) mass is 435 g/mol. The number of rotatable bonds is 10. The molecule has 1 aliphatic heterocycles. The molecule has 1 aliphatic rings. The number of hydrogen-bond donors (Lipinski definition) is 1. The van der Waals surface area contributed by atoms with E-state index in [9.17, 15) is 5.11 Å². The minimum atomic E-state index is 0.269. The molecule has 6 heteroatoms. The first-order valence-electron chi connectivity index (χ1n) is 10.8. The minimum Gasteiger partial charge on any atom is -0.508 e. The highest BCUT2D eigenvalue weighted by Crippen LogP contribution is 2.33. The predicted molar refractivity (Wildman–Crippen MR) is 123 cm³/mol. The van der Waals surface area contributed by atoms with E-state index < -0.39 is 0 Å². The number of fused-ring (bicyclic) bond motifs is 1. The third-order valence-electron chi connectivity index (χ3n) is 5.47. The number of ether oxygens (including phenoxy) is 4. The summed E-state index contributed by atoms with van der Waals surface area (Å²) in [6.07, 6.45) is 0.846. The maximum absolute atomic E-state index is 10.4. The highest BCUT2D eigenvalue weighted by Gasteiger charge is 2.15. The average Bonchev–Trinajstić information content (AvgIpc) is 3.28. The van der Waals surface area contributed by atoms with Gasteiger partial charge in [-0.1, -0.05) is 18.2 Å². The minimum absolute atomic E-state index is 0.269. The lowest BCUT2D eigenvalue weighted by atomic mass is 10.1. The number of phenols is 1. The number of methoxy groups -OCH3 is 1. The molecule has 32 heavy (non-hydrogen) atoms. The fraction of sp³-hybridized carbons (Fsp3) is 0.308. The molecule has 1 heterocycles. The average molecular weight is 436 g/mol. The SMILES string of the molecule is CCOc1ccc(CN(CCc2ccc3c(c2)OCO3)Cc2cc(OC)ccc2O)cc1. The molecule has 0 amide bonds. The fourth-order valence-corrected chi connectivity index (χ4v) is 3.77. The van der Waals surface area contributed by atoms with Gasteiger partial charge in [0.1, 0.15) is 17.2 Å². The summed E-state index contributed by atoms with van der Waals surface area (Å²) in [7, 11) is 1.63. The molecule has 0 saturated carbocycles. The van der Waals surface area contributed by atoms with E-state index in [4.69, 9.17) is 18.9 Å². The molecule has 0 aliphatic carbocycles. The van der Waals surface area contributed by atoms with Gasteiger partial charge in [-0.25, -0.2) is 0 Å². The zero-order chi connectivity index (χ0) is 22.3. The smallest absolute Gasteiger partial charge is 0.231 e. The highest BCUT2D eigenvalue weighted by atomic mass is 16.7. The van der Waals surface area contributed by atoms with Gasteiger partial charge in [0.05, 0.1) is 13.7 Å². The molecular formula is C26H29NO5. The van der Waals surface area contributed by atoms with Crippen LogP contribution >= 0.6 is 0 Å². The van der Waals surface area contributed by atoms with Crippen LogP contribution in [0.25, 0.3) is 0 Å². The van der Waals surface area contributed by atoms with Gasteiger partial charge in [-0.2, -0.15) is 0 Å². The fourth-order valence-electron chi connectivity index (χ4n) is 3.77. The van der Waals surface area contributed by atoms with Gasteiger partial charge < -0.3 is 24.1 Å². The lowest BCUT2D eigenvalue weighted by Crippen LogP contribution is -2.25. The molecule has 3 aromatic rings. The number of phenolic OH excluding ortho intramolecular Hbond substituents is 1. The molecule has 0 aromatic heterocycles. The van der Waals surface area contributed by atoms with E-state index in [1.54, 1.807) is 19.2 Å². The van der Waals surface area contributed by atoms with Crippen molar-refractivity contribution in [2.45, 2.75) is 26.4 Å². The second-order valence-electron chi connectivity index (χ2n) is 7.72. The molecule has 0 radical (unpaired) electrons. The van der Waals surface area contributed by atoms with E-state index in [1.807, 2.05) is 37.3 Å². The molecule has 0 atom stereocenters. The molecule has 4 rings (SSSR count). The summed E-state index contributed by atoms with van der Waals surface area (Å²) in [6.45, 7) is 5.05. The Hall–Kier alpha value is -3.38. The van der Waals surface area contributed by atoms with Crippen molar-refractivity contribution in [1.82, 2.24) is 4.90 Å². The lowest BCUT2D eigenvalue weighted by molar-refractivity contribution is 0.174. The van der Waals surface area contributed by atoms with Gasteiger partial charge in [0.25, 0.3) is 0 Å². The number of hydrogen-bond acceptors (Lipinski definition) is 6. The van der Waals surface area contributed by atoms with E-state index in [-0.39, 0.29) is 12.5 Å². The third-order valence-corrected chi connectivity index (χ3v) is 5.47. The molecule has 0 saturated heterocycles. The topological polar surface area (TPSA) is 60.4 Å². The van der Waals surface area contributed by atoms with Crippen LogP contribution in [0.15, 0.2) is 60.7 Å². The number of benzene rings is 3. The first-order valence-corrected chi connectivity index (χ1v) is 10.8. The van der Waals surface area contributed by atoms with E-state index in [0.29, 0.717) is 13.2 Å². The highest BCUT2D eigenvalue weighted by molar-refractivity contribution is 5.44. The Bertz CT molecular complexity index is 1030. The van der Waals surface area contributed by atoms with Crippen LogP contribution in [0, 0.1) is 0 Å². The van der Waals surface area contributed by atoms with E-state index in [1.165, 1.54) is 11.1 Å². The standard InChI is InChI=1S/C26H29NO5/c1-3-30-22-7-4-20(5-8-22)16-27(17-21-15-23(29-2)9-10-24(21)28)13-12-19-6-11-25-26(14-19)32-18-31-25/h4-11,14-15,28H,3,12-13,16-18H2,1-2H3. The molecule has 3 aromatic carbocycles. The van der Waals surface area contributed by atoms with Crippen molar-refractivity contribution in [3.8, 4) is 28.7 Å². The Kier molecular flexibility index (Phi) is 7.02. The van der Waals surface area contributed by atoms with Crippen molar-refractivity contribution in [2.75, 3.05) is 27.1 Å². The molecule has 0 bridgehead atoms.